The summed E-state index contributed by atoms with van der Waals surface area (Å²) >= 11 is 0. The summed E-state index contributed by atoms with van der Waals surface area (Å²) in [5, 5.41) is 2.35. The number of ether oxygens (including phenoxy) is 1. The van der Waals surface area contributed by atoms with E-state index in [1.807, 2.05) is 6.20 Å². The molecule has 364 valence electrons. The quantitative estimate of drug-likeness (QED) is 0.129. The molecule has 5 nitrogen and oxygen atoms in total. The van der Waals surface area contributed by atoms with E-state index in [9.17, 15) is 0 Å². The summed E-state index contributed by atoms with van der Waals surface area (Å²) in [4.78, 5) is 10.2. The van der Waals surface area contributed by atoms with Gasteiger partial charge in [0, 0.05) is 56.7 Å². The van der Waals surface area contributed by atoms with Gasteiger partial charge < -0.3 is 14.5 Å². The monoisotopic (exact) mass is 947 g/mol. The molecule has 5 heteroatoms. The molecule has 3 heterocycles. The van der Waals surface area contributed by atoms with Gasteiger partial charge in [0.1, 0.15) is 17.3 Å². The molecule has 7 aromatic carbocycles. The zero-order valence-electron chi connectivity index (χ0n) is 44.4. The molecule has 0 radical (unpaired) electrons. The van der Waals surface area contributed by atoms with Crippen LogP contribution in [0.2, 0.25) is 0 Å². The fourth-order valence-corrected chi connectivity index (χ4v) is 10.9. The molecule has 0 unspecified atom stereocenters. The maximum atomic E-state index is 7.03. The molecule has 0 N–H and O–H groups in total. The lowest BCUT2D eigenvalue weighted by molar-refractivity contribution is 0.483. The third-order valence-corrected chi connectivity index (χ3v) is 15.4. The van der Waals surface area contributed by atoms with Crippen LogP contribution in [0.4, 0.5) is 11.4 Å². The summed E-state index contributed by atoms with van der Waals surface area (Å²) in [6.07, 6.45) is 1.96. The predicted molar refractivity (Wildman–Crippen MR) is 303 cm³/mol. The van der Waals surface area contributed by atoms with Gasteiger partial charge in [0.05, 0.1) is 29.1 Å². The standard InChI is InChI=1S/C67H70N4O/c1-63(2,3)49-30-22-31-52(40-49)69-45-70(62(67(11,12)48-28-20-15-21-29-48)61(69)66(9,10)47-26-18-14-19-27-47)53-32-23-33-54(43-53)72-55-35-36-56-57-41-50(64(4,5)6)34-37-58(57)71(59(56)44-55)60-42-51(38-39-68-60)65(7,8)46-24-16-13-17-25-46/h13-44H,45H2,1-12H3. The number of aromatic nitrogens is 2. The largest absolute Gasteiger partial charge is 0.457 e. The molecule has 10 rings (SSSR count). The van der Waals surface area contributed by atoms with E-state index in [4.69, 9.17) is 9.72 Å². The third kappa shape index (κ3) is 8.78. The number of fused-ring (bicyclic) bond motifs is 3. The van der Waals surface area contributed by atoms with Crippen LogP contribution < -0.4 is 14.5 Å². The Kier molecular flexibility index (Phi) is 12.1. The number of hydrogen-bond acceptors (Lipinski definition) is 4. The van der Waals surface area contributed by atoms with E-state index in [0.29, 0.717) is 6.67 Å². The van der Waals surface area contributed by atoms with Crippen LogP contribution in [0.5, 0.6) is 11.5 Å². The molecule has 0 atom stereocenters. The number of hydrogen-bond donors (Lipinski definition) is 0. The average molecular weight is 947 g/mol. The molecule has 0 saturated heterocycles. The Morgan fingerprint density at radius 1 is 0.375 bits per heavy atom. The Morgan fingerprint density at radius 3 is 1.44 bits per heavy atom. The van der Waals surface area contributed by atoms with Crippen LogP contribution in [0.25, 0.3) is 27.6 Å². The lowest BCUT2D eigenvalue weighted by Crippen LogP contribution is -2.34. The van der Waals surface area contributed by atoms with Gasteiger partial charge in [-0.05, 0) is 105 Å². The van der Waals surface area contributed by atoms with Gasteiger partial charge in [-0.1, -0.05) is 198 Å². The highest BCUT2D eigenvalue weighted by Crippen LogP contribution is 2.51. The van der Waals surface area contributed by atoms with E-state index >= 15 is 0 Å². The molecule has 0 aliphatic carbocycles. The van der Waals surface area contributed by atoms with Crippen molar-refractivity contribution < 1.29 is 4.74 Å². The first-order chi connectivity index (χ1) is 34.2. The lowest BCUT2D eigenvalue weighted by atomic mass is 9.73. The third-order valence-electron chi connectivity index (χ3n) is 15.4. The van der Waals surface area contributed by atoms with Crippen molar-refractivity contribution in [1.29, 1.82) is 0 Å². The molecule has 0 amide bonds. The summed E-state index contributed by atoms with van der Waals surface area (Å²) in [6.45, 7) is 28.5. The second kappa shape index (κ2) is 18.0. The summed E-state index contributed by atoms with van der Waals surface area (Å²) in [6, 6.07) is 68.4. The Balaban J connectivity index is 1.11. The van der Waals surface area contributed by atoms with Crippen molar-refractivity contribution in [1.82, 2.24) is 9.55 Å². The van der Waals surface area contributed by atoms with E-state index in [2.05, 4.69) is 286 Å². The van der Waals surface area contributed by atoms with E-state index < -0.39 is 5.41 Å². The Hall–Kier alpha value is -7.37. The normalized spacial score (nSPS) is 13.9. The first-order valence-corrected chi connectivity index (χ1v) is 25.6. The van der Waals surface area contributed by atoms with Crippen LogP contribution in [0.1, 0.15) is 116 Å². The van der Waals surface area contributed by atoms with Crippen molar-refractivity contribution in [3.63, 3.8) is 0 Å². The minimum Gasteiger partial charge on any atom is -0.457 e. The number of nitrogens with zero attached hydrogens (tertiary/aromatic N) is 4. The van der Waals surface area contributed by atoms with Crippen LogP contribution in [0.15, 0.2) is 206 Å². The van der Waals surface area contributed by atoms with Crippen LogP contribution in [-0.4, -0.2) is 16.2 Å². The van der Waals surface area contributed by atoms with Crippen LogP contribution in [-0.2, 0) is 27.1 Å². The van der Waals surface area contributed by atoms with E-state index in [0.717, 1.165) is 39.4 Å². The van der Waals surface area contributed by atoms with Gasteiger partial charge in [-0.2, -0.15) is 0 Å². The maximum Gasteiger partial charge on any atom is 0.137 e. The molecule has 9 aromatic rings. The lowest BCUT2D eigenvalue weighted by Gasteiger charge is -2.38. The fraction of sp³-hybridized carbons (Fsp3) is 0.269. The van der Waals surface area contributed by atoms with Gasteiger partial charge in [-0.3, -0.25) is 4.57 Å². The van der Waals surface area contributed by atoms with E-state index in [1.54, 1.807) is 0 Å². The minimum absolute atomic E-state index is 0.0131. The van der Waals surface area contributed by atoms with Crippen molar-refractivity contribution in [2.24, 2.45) is 0 Å². The van der Waals surface area contributed by atoms with Gasteiger partial charge in [0.15, 0.2) is 0 Å². The highest BCUT2D eigenvalue weighted by molar-refractivity contribution is 6.09. The Morgan fingerprint density at radius 2 is 0.875 bits per heavy atom. The summed E-state index contributed by atoms with van der Waals surface area (Å²) in [5.41, 5.74) is 13.5. The van der Waals surface area contributed by atoms with Gasteiger partial charge in [-0.15, -0.1) is 0 Å². The second-order valence-electron chi connectivity index (χ2n) is 23.5. The van der Waals surface area contributed by atoms with Crippen LogP contribution >= 0.6 is 0 Å². The van der Waals surface area contributed by atoms with Crippen LogP contribution in [0, 0.1) is 0 Å². The summed E-state index contributed by atoms with van der Waals surface area (Å²) in [5.74, 6) is 2.40. The highest BCUT2D eigenvalue weighted by atomic mass is 16.5. The van der Waals surface area contributed by atoms with Crippen LogP contribution in [0.3, 0.4) is 0 Å². The van der Waals surface area contributed by atoms with Crippen molar-refractivity contribution >= 4 is 33.2 Å². The number of pyridine rings is 1. The predicted octanol–water partition coefficient (Wildman–Crippen LogP) is 17.3. The first-order valence-electron chi connectivity index (χ1n) is 25.6. The molecular formula is C67H70N4O. The Labute approximate surface area is 428 Å². The second-order valence-corrected chi connectivity index (χ2v) is 23.5. The molecule has 1 aliphatic heterocycles. The molecule has 0 saturated carbocycles. The Bertz CT molecular complexity index is 3460. The van der Waals surface area contributed by atoms with Gasteiger partial charge in [-0.25, -0.2) is 4.98 Å². The zero-order valence-corrected chi connectivity index (χ0v) is 44.4. The SMILES string of the molecule is CC(C)(C)c1cccc(N2CN(c3cccc(Oc4ccc5c6cc(C(C)(C)C)ccc6n(-c6cc(C(C)(C)c7ccccc7)ccn6)c5c4)c3)C(C(C)(C)c3ccccc3)=C2C(C)(C)c2ccccc2)c1. The number of anilines is 2. The molecule has 72 heavy (non-hydrogen) atoms. The minimum atomic E-state index is -0.400. The summed E-state index contributed by atoms with van der Waals surface area (Å²) in [7, 11) is 0. The fourth-order valence-electron chi connectivity index (χ4n) is 10.9. The molecular weight excluding hydrogens is 877 g/mol. The molecule has 0 fully saturated rings. The number of allylic oxidation sites excluding steroid dienone is 2. The average Bonchev–Trinajstić information content (AvgIpc) is 3.95. The van der Waals surface area contributed by atoms with E-state index in [1.165, 1.54) is 55.8 Å². The molecule has 0 spiro atoms. The van der Waals surface area contributed by atoms with Crippen molar-refractivity contribution in [3.8, 4) is 17.3 Å². The maximum absolute atomic E-state index is 7.03. The smallest absolute Gasteiger partial charge is 0.137 e. The highest BCUT2D eigenvalue weighted by Gasteiger charge is 2.46. The topological polar surface area (TPSA) is 33.5 Å². The van der Waals surface area contributed by atoms with Gasteiger partial charge >= 0.3 is 0 Å². The first kappa shape index (κ1) is 48.3. The molecule has 1 aliphatic rings. The number of benzene rings is 7. The zero-order chi connectivity index (χ0) is 50.8. The number of rotatable bonds is 11. The van der Waals surface area contributed by atoms with Crippen molar-refractivity contribution in [2.45, 2.75) is 110 Å². The van der Waals surface area contributed by atoms with Gasteiger partial charge in [0.25, 0.3) is 0 Å². The van der Waals surface area contributed by atoms with Crippen molar-refractivity contribution in [2.75, 3.05) is 16.5 Å². The van der Waals surface area contributed by atoms with E-state index in [-0.39, 0.29) is 21.7 Å². The van der Waals surface area contributed by atoms with Crippen molar-refractivity contribution in [3.05, 3.63) is 239 Å². The summed E-state index contributed by atoms with van der Waals surface area (Å²) < 4.78 is 9.35. The molecule has 2 aromatic heterocycles. The van der Waals surface area contributed by atoms with Gasteiger partial charge in [0.2, 0.25) is 0 Å². The molecule has 0 bridgehead atoms.